The zero-order chi connectivity index (χ0) is 17.6. The van der Waals surface area contributed by atoms with Gasteiger partial charge in [0.1, 0.15) is 0 Å². The van der Waals surface area contributed by atoms with E-state index in [1.54, 1.807) is 48.7 Å². The van der Waals surface area contributed by atoms with Crippen molar-refractivity contribution < 1.29 is 14.3 Å². The fourth-order valence-electron chi connectivity index (χ4n) is 2.46. The van der Waals surface area contributed by atoms with Gasteiger partial charge < -0.3 is 10.1 Å². The molecule has 126 valence electrons. The number of carbonyl (C=O) groups excluding carboxylic acids is 2. The number of pyridine rings is 1. The van der Waals surface area contributed by atoms with Gasteiger partial charge >= 0.3 is 5.97 Å². The van der Waals surface area contributed by atoms with Gasteiger partial charge in [0.2, 0.25) is 5.91 Å². The van der Waals surface area contributed by atoms with E-state index in [-0.39, 0.29) is 5.91 Å². The Labute approximate surface area is 145 Å². The van der Waals surface area contributed by atoms with Crippen LogP contribution in [0.25, 0.3) is 10.9 Å². The van der Waals surface area contributed by atoms with E-state index in [0.29, 0.717) is 23.4 Å². The molecule has 0 unspecified atom stereocenters. The number of carbonyl (C=O) groups is 2. The maximum atomic E-state index is 12.5. The number of amides is 1. The van der Waals surface area contributed by atoms with Gasteiger partial charge in [-0.05, 0) is 42.8 Å². The van der Waals surface area contributed by atoms with Crippen LogP contribution in [0.3, 0.4) is 0 Å². The lowest BCUT2D eigenvalue weighted by molar-refractivity contribution is -0.116. The van der Waals surface area contributed by atoms with Gasteiger partial charge in [-0.25, -0.2) is 4.79 Å². The van der Waals surface area contributed by atoms with Gasteiger partial charge in [-0.3, -0.25) is 9.78 Å². The number of ether oxygens (including phenoxy) is 1. The Hall–Kier alpha value is -3.21. The number of benzene rings is 2. The minimum absolute atomic E-state index is 0.109. The Balaban J connectivity index is 1.81. The first-order chi connectivity index (χ1) is 12.2. The number of esters is 1. The molecule has 2 aromatic carbocycles. The number of nitrogens with zero attached hydrogens (tertiary/aromatic N) is 1. The molecule has 0 bridgehead atoms. The third-order valence-corrected chi connectivity index (χ3v) is 3.68. The van der Waals surface area contributed by atoms with Gasteiger partial charge in [0.15, 0.2) is 5.75 Å². The van der Waals surface area contributed by atoms with Crippen LogP contribution in [0.5, 0.6) is 5.75 Å². The third-order valence-electron chi connectivity index (χ3n) is 3.68. The molecule has 0 fully saturated rings. The van der Waals surface area contributed by atoms with Crippen molar-refractivity contribution in [1.29, 1.82) is 0 Å². The second-order valence-electron chi connectivity index (χ2n) is 5.59. The normalized spacial score (nSPS) is 10.4. The molecule has 1 N–H and O–H groups in total. The summed E-state index contributed by atoms with van der Waals surface area (Å²) in [4.78, 5) is 28.5. The van der Waals surface area contributed by atoms with E-state index in [4.69, 9.17) is 4.74 Å². The Bertz CT molecular complexity index is 921. The quantitative estimate of drug-likeness (QED) is 0.561. The smallest absolute Gasteiger partial charge is 0.343 e. The highest BCUT2D eigenvalue weighted by atomic mass is 16.5. The Morgan fingerprint density at radius 1 is 1.08 bits per heavy atom. The van der Waals surface area contributed by atoms with Crippen molar-refractivity contribution in [2.24, 2.45) is 0 Å². The van der Waals surface area contributed by atoms with Crippen LogP contribution >= 0.6 is 0 Å². The molecule has 1 heterocycles. The van der Waals surface area contributed by atoms with Gasteiger partial charge in [0.25, 0.3) is 0 Å². The standard InChI is InChI=1S/C20H18N2O3/c1-2-6-19(23)22-17-8-3-4-9-18(17)25-20(24)15-10-11-16-14(13-15)7-5-12-21-16/h3-5,7-13H,2,6H2,1H3,(H,22,23). The van der Waals surface area contributed by atoms with Crippen molar-refractivity contribution in [2.75, 3.05) is 5.32 Å². The van der Waals surface area contributed by atoms with Crippen LogP contribution in [0.2, 0.25) is 0 Å². The molecule has 0 aliphatic carbocycles. The number of para-hydroxylation sites is 2. The Morgan fingerprint density at radius 3 is 2.76 bits per heavy atom. The summed E-state index contributed by atoms with van der Waals surface area (Å²) in [6.07, 6.45) is 2.87. The largest absolute Gasteiger partial charge is 0.421 e. The van der Waals surface area contributed by atoms with Crippen LogP contribution in [0, 0.1) is 0 Å². The molecule has 0 spiro atoms. The molecule has 3 rings (SSSR count). The van der Waals surface area contributed by atoms with Crippen LogP contribution in [0.15, 0.2) is 60.8 Å². The van der Waals surface area contributed by atoms with Crippen LogP contribution in [-0.2, 0) is 4.79 Å². The van der Waals surface area contributed by atoms with E-state index in [0.717, 1.165) is 17.3 Å². The molecule has 25 heavy (non-hydrogen) atoms. The number of aromatic nitrogens is 1. The van der Waals surface area contributed by atoms with Crippen molar-refractivity contribution in [2.45, 2.75) is 19.8 Å². The number of anilines is 1. The van der Waals surface area contributed by atoms with Crippen molar-refractivity contribution in [3.05, 3.63) is 66.4 Å². The monoisotopic (exact) mass is 334 g/mol. The maximum absolute atomic E-state index is 12.5. The minimum Gasteiger partial charge on any atom is -0.421 e. The van der Waals surface area contributed by atoms with Gasteiger partial charge in [0.05, 0.1) is 16.8 Å². The molecule has 0 atom stereocenters. The number of rotatable bonds is 5. The second kappa shape index (κ2) is 7.57. The average Bonchev–Trinajstić information content (AvgIpc) is 2.63. The summed E-state index contributed by atoms with van der Waals surface area (Å²) >= 11 is 0. The SMILES string of the molecule is CCCC(=O)Nc1ccccc1OC(=O)c1ccc2ncccc2c1. The molecule has 1 aromatic heterocycles. The van der Waals surface area contributed by atoms with Crippen LogP contribution in [0.4, 0.5) is 5.69 Å². The highest BCUT2D eigenvalue weighted by molar-refractivity contribution is 5.97. The summed E-state index contributed by atoms with van der Waals surface area (Å²) in [6, 6.07) is 15.8. The summed E-state index contributed by atoms with van der Waals surface area (Å²) in [6.45, 7) is 1.93. The van der Waals surface area contributed by atoms with Gasteiger partial charge in [-0.2, -0.15) is 0 Å². The van der Waals surface area contributed by atoms with E-state index in [1.165, 1.54) is 0 Å². The van der Waals surface area contributed by atoms with E-state index in [1.807, 2.05) is 19.1 Å². The average molecular weight is 334 g/mol. The lowest BCUT2D eigenvalue weighted by atomic mass is 10.1. The van der Waals surface area contributed by atoms with E-state index in [9.17, 15) is 9.59 Å². The molecule has 0 radical (unpaired) electrons. The number of hydrogen-bond acceptors (Lipinski definition) is 4. The Morgan fingerprint density at radius 2 is 1.92 bits per heavy atom. The summed E-state index contributed by atoms with van der Waals surface area (Å²) in [7, 11) is 0. The first-order valence-electron chi connectivity index (χ1n) is 8.13. The molecule has 1 amide bonds. The highest BCUT2D eigenvalue weighted by Gasteiger charge is 2.13. The first kappa shape index (κ1) is 16.6. The summed E-state index contributed by atoms with van der Waals surface area (Å²) in [5, 5.41) is 3.63. The van der Waals surface area contributed by atoms with Crippen LogP contribution < -0.4 is 10.1 Å². The van der Waals surface area contributed by atoms with E-state index < -0.39 is 5.97 Å². The highest BCUT2D eigenvalue weighted by Crippen LogP contribution is 2.25. The first-order valence-corrected chi connectivity index (χ1v) is 8.13. The van der Waals surface area contributed by atoms with Crippen molar-refractivity contribution in [3.8, 4) is 5.75 Å². The molecule has 0 aliphatic heterocycles. The maximum Gasteiger partial charge on any atom is 0.343 e. The summed E-state index contributed by atoms with van der Waals surface area (Å²) in [5.41, 5.74) is 1.72. The fraction of sp³-hybridized carbons (Fsp3) is 0.150. The third kappa shape index (κ3) is 4.01. The lowest BCUT2D eigenvalue weighted by Crippen LogP contribution is -2.14. The summed E-state index contributed by atoms with van der Waals surface area (Å²) in [5.74, 6) is -0.269. The number of hydrogen-bond donors (Lipinski definition) is 1. The molecule has 0 saturated carbocycles. The van der Waals surface area contributed by atoms with Gasteiger partial charge in [0, 0.05) is 18.0 Å². The van der Waals surface area contributed by atoms with Crippen molar-refractivity contribution >= 4 is 28.5 Å². The van der Waals surface area contributed by atoms with Crippen LogP contribution in [0.1, 0.15) is 30.1 Å². The second-order valence-corrected chi connectivity index (χ2v) is 5.59. The molecule has 3 aromatic rings. The molecular formula is C20H18N2O3. The van der Waals surface area contributed by atoms with Gasteiger partial charge in [-0.1, -0.05) is 25.1 Å². The summed E-state index contributed by atoms with van der Waals surface area (Å²) < 4.78 is 5.49. The number of nitrogens with one attached hydrogen (secondary N) is 1. The molecule has 5 nitrogen and oxygen atoms in total. The number of fused-ring (bicyclic) bond motifs is 1. The van der Waals surface area contributed by atoms with Crippen molar-refractivity contribution in [3.63, 3.8) is 0 Å². The van der Waals surface area contributed by atoms with Crippen LogP contribution in [-0.4, -0.2) is 16.9 Å². The fourth-order valence-corrected chi connectivity index (χ4v) is 2.46. The molecular weight excluding hydrogens is 316 g/mol. The topological polar surface area (TPSA) is 68.3 Å². The Kier molecular flexibility index (Phi) is 5.04. The molecule has 5 heteroatoms. The van der Waals surface area contributed by atoms with Gasteiger partial charge in [-0.15, -0.1) is 0 Å². The minimum atomic E-state index is -0.483. The predicted molar refractivity (Wildman–Crippen MR) is 96.7 cm³/mol. The molecule has 0 saturated heterocycles. The lowest BCUT2D eigenvalue weighted by Gasteiger charge is -2.11. The molecule has 0 aliphatic rings. The predicted octanol–water partition coefficient (Wildman–Crippen LogP) is 4.19. The zero-order valence-corrected chi connectivity index (χ0v) is 13.9. The van der Waals surface area contributed by atoms with E-state index >= 15 is 0 Å². The van der Waals surface area contributed by atoms with Crippen molar-refractivity contribution in [1.82, 2.24) is 4.98 Å². The van der Waals surface area contributed by atoms with E-state index in [2.05, 4.69) is 10.3 Å². The zero-order valence-electron chi connectivity index (χ0n) is 13.9.